The minimum atomic E-state index is -0.785. The maximum absolute atomic E-state index is 11.9. The van der Waals surface area contributed by atoms with Crippen LogP contribution in [0.4, 0.5) is 0 Å². The molecule has 2 aromatic rings. The highest BCUT2D eigenvalue weighted by molar-refractivity contribution is 7.11. The summed E-state index contributed by atoms with van der Waals surface area (Å²) < 4.78 is 10.0. The zero-order valence-electron chi connectivity index (χ0n) is 20.3. The molecule has 0 aliphatic rings. The molecule has 0 aliphatic heterocycles. The van der Waals surface area contributed by atoms with Gasteiger partial charge in [-0.3, -0.25) is 4.79 Å². The first-order valence-electron chi connectivity index (χ1n) is 10.8. The molecule has 0 spiro atoms. The molecule has 0 aliphatic carbocycles. The maximum atomic E-state index is 11.9. The Balaban J connectivity index is 0.000000889. The van der Waals surface area contributed by atoms with E-state index in [1.807, 2.05) is 38.2 Å². The van der Waals surface area contributed by atoms with Crippen LogP contribution in [0.5, 0.6) is 5.75 Å². The van der Waals surface area contributed by atoms with Crippen LogP contribution >= 0.6 is 11.3 Å². The number of aryl methyl sites for hydroxylation is 2. The number of nitrogens with one attached hydrogen (secondary N) is 1. The highest BCUT2D eigenvalue weighted by atomic mass is 32.1. The average molecular weight is 464 g/mol. The van der Waals surface area contributed by atoms with E-state index in [4.69, 9.17) is 9.15 Å². The molecule has 2 heterocycles. The summed E-state index contributed by atoms with van der Waals surface area (Å²) in [5.41, 5.74) is -1.06. The van der Waals surface area contributed by atoms with E-state index >= 15 is 0 Å². The van der Waals surface area contributed by atoms with E-state index < -0.39 is 11.4 Å². The lowest BCUT2D eigenvalue weighted by molar-refractivity contribution is 0.0980. The lowest BCUT2D eigenvalue weighted by Crippen LogP contribution is -2.15. The van der Waals surface area contributed by atoms with Gasteiger partial charge >= 0.3 is 5.63 Å². The Morgan fingerprint density at radius 1 is 1.31 bits per heavy atom. The summed E-state index contributed by atoms with van der Waals surface area (Å²) in [6.07, 6.45) is 5.19. The van der Waals surface area contributed by atoms with Crippen molar-refractivity contribution in [1.29, 1.82) is 0 Å². The van der Waals surface area contributed by atoms with E-state index in [1.165, 1.54) is 22.9 Å². The van der Waals surface area contributed by atoms with Gasteiger partial charge in [-0.05, 0) is 51.6 Å². The monoisotopic (exact) mass is 463 g/mol. The van der Waals surface area contributed by atoms with Crippen molar-refractivity contribution in [1.82, 2.24) is 5.32 Å². The van der Waals surface area contributed by atoms with E-state index in [-0.39, 0.29) is 23.7 Å². The van der Waals surface area contributed by atoms with E-state index in [1.54, 1.807) is 13.1 Å². The molecule has 0 fully saturated rings. The number of ether oxygens (including phenoxy) is 1. The fraction of sp³-hybridized carbons (Fsp3) is 0.440. The van der Waals surface area contributed by atoms with Crippen molar-refractivity contribution in [3.05, 3.63) is 74.4 Å². The molecule has 0 saturated heterocycles. The van der Waals surface area contributed by atoms with Gasteiger partial charge in [0.2, 0.25) is 0 Å². The number of aromatic hydroxyl groups is 1. The Morgan fingerprint density at radius 3 is 2.34 bits per heavy atom. The SMILES string of the molecule is C=C(N/C=C/CCC(C)c1cc(O)c(C(=O)CC)c(=O)o1)OC.CC.Cc1ccc(C)s1. The summed E-state index contributed by atoms with van der Waals surface area (Å²) in [4.78, 5) is 26.3. The number of ketones is 1. The number of thiophene rings is 1. The number of allylic oxidation sites excluding steroid dienone is 1. The number of Topliss-reactive ketones (excluding diaryl/α,β-unsaturated/α-hetero) is 1. The first-order chi connectivity index (χ1) is 15.2. The van der Waals surface area contributed by atoms with Crippen LogP contribution in [0.25, 0.3) is 0 Å². The molecule has 178 valence electrons. The van der Waals surface area contributed by atoms with Crippen LogP contribution in [0.2, 0.25) is 0 Å². The van der Waals surface area contributed by atoms with Gasteiger partial charge in [-0.15, -0.1) is 11.3 Å². The van der Waals surface area contributed by atoms with Crippen LogP contribution < -0.4 is 10.9 Å². The van der Waals surface area contributed by atoms with Gasteiger partial charge in [0.25, 0.3) is 0 Å². The van der Waals surface area contributed by atoms with Crippen LogP contribution in [0, 0.1) is 13.8 Å². The van der Waals surface area contributed by atoms with Gasteiger partial charge in [0, 0.05) is 28.2 Å². The molecule has 2 N–H and O–H groups in total. The van der Waals surface area contributed by atoms with Gasteiger partial charge < -0.3 is 19.6 Å². The van der Waals surface area contributed by atoms with Crippen molar-refractivity contribution in [3.63, 3.8) is 0 Å². The van der Waals surface area contributed by atoms with Crippen molar-refractivity contribution in [2.24, 2.45) is 0 Å². The molecule has 2 aromatic heterocycles. The van der Waals surface area contributed by atoms with Crippen molar-refractivity contribution >= 4 is 17.1 Å². The molecular formula is C25H37NO5S. The molecule has 7 heteroatoms. The highest BCUT2D eigenvalue weighted by Crippen LogP contribution is 2.25. The van der Waals surface area contributed by atoms with Gasteiger partial charge in [0.05, 0.1) is 7.11 Å². The van der Waals surface area contributed by atoms with E-state index in [9.17, 15) is 14.7 Å². The third kappa shape index (κ3) is 10.5. The molecule has 0 saturated carbocycles. The van der Waals surface area contributed by atoms with Gasteiger partial charge in [0.1, 0.15) is 17.1 Å². The van der Waals surface area contributed by atoms with Gasteiger partial charge in [-0.2, -0.15) is 0 Å². The summed E-state index contributed by atoms with van der Waals surface area (Å²) in [6, 6.07) is 5.63. The number of hydrogen-bond donors (Lipinski definition) is 2. The zero-order valence-corrected chi connectivity index (χ0v) is 21.1. The minimum absolute atomic E-state index is 0.0744. The second-order valence-electron chi connectivity index (χ2n) is 6.78. The van der Waals surface area contributed by atoms with E-state index in [2.05, 4.69) is 37.9 Å². The van der Waals surface area contributed by atoms with Crippen LogP contribution in [0.3, 0.4) is 0 Å². The Morgan fingerprint density at radius 2 is 1.91 bits per heavy atom. The van der Waals surface area contributed by atoms with Crippen molar-refractivity contribution < 1.29 is 19.1 Å². The summed E-state index contributed by atoms with van der Waals surface area (Å²) >= 11 is 1.84. The van der Waals surface area contributed by atoms with E-state index in [0.29, 0.717) is 18.1 Å². The third-order valence-electron chi connectivity index (χ3n) is 4.29. The normalized spacial score (nSPS) is 11.0. The van der Waals surface area contributed by atoms with Gasteiger partial charge in [-0.25, -0.2) is 4.79 Å². The van der Waals surface area contributed by atoms with E-state index in [0.717, 1.165) is 6.42 Å². The van der Waals surface area contributed by atoms with Crippen molar-refractivity contribution in [2.75, 3.05) is 7.11 Å². The molecule has 1 atom stereocenters. The minimum Gasteiger partial charge on any atom is -0.507 e. The molecule has 0 amide bonds. The maximum Gasteiger partial charge on any atom is 0.350 e. The lowest BCUT2D eigenvalue weighted by atomic mass is 10.0. The number of carbonyl (C=O) groups is 1. The first kappa shape index (κ1) is 29.2. The second-order valence-corrected chi connectivity index (χ2v) is 8.27. The van der Waals surface area contributed by atoms with Gasteiger partial charge in [0.15, 0.2) is 11.7 Å². The molecule has 6 nitrogen and oxygen atoms in total. The molecule has 0 aromatic carbocycles. The largest absolute Gasteiger partial charge is 0.507 e. The molecule has 2 rings (SSSR count). The molecule has 32 heavy (non-hydrogen) atoms. The van der Waals surface area contributed by atoms with Crippen molar-refractivity contribution in [3.8, 4) is 5.75 Å². The number of carbonyl (C=O) groups excluding carboxylic acids is 1. The quantitative estimate of drug-likeness (QED) is 0.329. The summed E-state index contributed by atoms with van der Waals surface area (Å²) in [5.74, 6) is -0.00903. The summed E-state index contributed by atoms with van der Waals surface area (Å²) in [7, 11) is 1.52. The Kier molecular flexibility index (Phi) is 14.5. The Bertz CT molecular complexity index is 910. The fourth-order valence-electron chi connectivity index (χ4n) is 2.51. The van der Waals surface area contributed by atoms with Crippen LogP contribution in [-0.2, 0) is 4.74 Å². The molecule has 0 radical (unpaired) electrons. The molecule has 1 unspecified atom stereocenters. The predicted molar refractivity (Wildman–Crippen MR) is 132 cm³/mol. The molecular weight excluding hydrogens is 426 g/mol. The topological polar surface area (TPSA) is 88.8 Å². The highest BCUT2D eigenvalue weighted by Gasteiger charge is 2.19. The second kappa shape index (κ2) is 15.9. The zero-order chi connectivity index (χ0) is 24.7. The van der Waals surface area contributed by atoms with Crippen molar-refractivity contribution in [2.45, 2.75) is 66.7 Å². The van der Waals surface area contributed by atoms with Crippen LogP contribution in [-0.4, -0.2) is 18.0 Å². The number of methoxy groups -OCH3 is 1. The molecule has 0 bridgehead atoms. The van der Waals surface area contributed by atoms with Crippen LogP contribution in [0.15, 0.2) is 52.1 Å². The number of hydrogen-bond acceptors (Lipinski definition) is 7. The third-order valence-corrected chi connectivity index (χ3v) is 5.20. The smallest absolute Gasteiger partial charge is 0.350 e. The predicted octanol–water partition coefficient (Wildman–Crippen LogP) is 6.43. The average Bonchev–Trinajstić information content (AvgIpc) is 3.16. The summed E-state index contributed by atoms with van der Waals surface area (Å²) in [6.45, 7) is 15.4. The lowest BCUT2D eigenvalue weighted by Gasteiger charge is -2.10. The Hall–Kier alpha value is -2.80. The summed E-state index contributed by atoms with van der Waals surface area (Å²) in [5, 5.41) is 12.7. The Labute approximate surface area is 195 Å². The fourth-order valence-corrected chi connectivity index (χ4v) is 3.29. The number of rotatable bonds is 9. The van der Waals surface area contributed by atoms with Crippen LogP contribution in [0.1, 0.15) is 78.7 Å². The first-order valence-corrected chi connectivity index (χ1v) is 11.6. The standard InChI is InChI=1S/C17H23NO5.C6H8S.C2H6/c1-5-13(19)16-14(20)10-15(23-17(16)21)11(2)8-6-7-9-18-12(3)22-4;1-5-3-4-6(2)7-5;1-2/h7,9-11,18,20H,3,5-6,8H2,1-2,4H3;3-4H,1-2H3;1-2H3/b9-7+;;. The van der Waals surface area contributed by atoms with Gasteiger partial charge in [-0.1, -0.05) is 33.8 Å².